The number of aryl methyl sites for hydroxylation is 1. The summed E-state index contributed by atoms with van der Waals surface area (Å²) in [6, 6.07) is 9.36. The number of anilines is 1. The fourth-order valence-corrected chi connectivity index (χ4v) is 4.31. The molecule has 0 aliphatic carbocycles. The van der Waals surface area contributed by atoms with Gasteiger partial charge in [0.1, 0.15) is 11.9 Å². The largest absolute Gasteiger partial charge is 0.325 e. The predicted octanol–water partition coefficient (Wildman–Crippen LogP) is 3.83. The van der Waals surface area contributed by atoms with E-state index in [2.05, 4.69) is 5.32 Å². The third kappa shape index (κ3) is 4.41. The average molecular weight is 399 g/mol. The van der Waals surface area contributed by atoms with Crippen molar-refractivity contribution in [2.75, 3.05) is 11.9 Å². The molecule has 5 nitrogen and oxygen atoms in total. The van der Waals surface area contributed by atoms with Crippen LogP contribution in [0.1, 0.15) is 19.4 Å². The molecule has 0 aliphatic heterocycles. The third-order valence-corrected chi connectivity index (χ3v) is 6.27. The molecular weight excluding hydrogens is 379 g/mol. The molecule has 0 radical (unpaired) electrons. The van der Waals surface area contributed by atoms with E-state index in [9.17, 15) is 17.6 Å². The number of carbonyl (C=O) groups is 1. The smallest absolute Gasteiger partial charge is 0.243 e. The van der Waals surface area contributed by atoms with Gasteiger partial charge in [0, 0.05) is 12.2 Å². The Labute approximate surface area is 157 Å². The number of sulfonamides is 1. The van der Waals surface area contributed by atoms with Gasteiger partial charge in [-0.1, -0.05) is 36.2 Å². The van der Waals surface area contributed by atoms with Gasteiger partial charge in [0.15, 0.2) is 0 Å². The maximum atomic E-state index is 13.3. The second kappa shape index (κ2) is 8.16. The molecular formula is C18H20ClFN2O3S. The van der Waals surface area contributed by atoms with Crippen LogP contribution in [0.5, 0.6) is 0 Å². The Morgan fingerprint density at radius 3 is 2.38 bits per heavy atom. The number of hydrogen-bond acceptors (Lipinski definition) is 3. The van der Waals surface area contributed by atoms with Crippen molar-refractivity contribution >= 4 is 33.2 Å². The van der Waals surface area contributed by atoms with Crippen LogP contribution in [0.3, 0.4) is 0 Å². The summed E-state index contributed by atoms with van der Waals surface area (Å²) < 4.78 is 40.0. The number of nitrogens with zero attached hydrogens (tertiary/aromatic N) is 1. The van der Waals surface area contributed by atoms with Crippen molar-refractivity contribution in [2.45, 2.75) is 31.7 Å². The minimum Gasteiger partial charge on any atom is -0.325 e. The SMILES string of the molecule is CCN([C@@H](C)C(=O)Nc1ccc(C)cc1)S(=O)(=O)c1ccc(F)c(Cl)c1. The van der Waals surface area contributed by atoms with Crippen LogP contribution in [-0.2, 0) is 14.8 Å². The average Bonchev–Trinajstić information content (AvgIpc) is 2.59. The van der Waals surface area contributed by atoms with E-state index in [0.717, 1.165) is 28.1 Å². The number of nitrogens with one attached hydrogen (secondary N) is 1. The summed E-state index contributed by atoms with van der Waals surface area (Å²) in [5, 5.41) is 2.40. The Balaban J connectivity index is 2.25. The fourth-order valence-electron chi connectivity index (χ4n) is 2.44. The zero-order chi connectivity index (χ0) is 19.5. The molecule has 0 bridgehead atoms. The molecule has 0 aliphatic rings. The summed E-state index contributed by atoms with van der Waals surface area (Å²) in [5.41, 5.74) is 1.62. The van der Waals surface area contributed by atoms with Gasteiger partial charge in [-0.2, -0.15) is 4.31 Å². The van der Waals surface area contributed by atoms with E-state index in [0.29, 0.717) is 5.69 Å². The molecule has 1 N–H and O–H groups in total. The van der Waals surface area contributed by atoms with Gasteiger partial charge in [-0.25, -0.2) is 12.8 Å². The Morgan fingerprint density at radius 1 is 1.23 bits per heavy atom. The minimum atomic E-state index is -4.01. The highest BCUT2D eigenvalue weighted by Crippen LogP contribution is 2.24. The molecule has 0 fully saturated rings. The zero-order valence-corrected chi connectivity index (χ0v) is 16.2. The summed E-state index contributed by atoms with van der Waals surface area (Å²) in [6.45, 7) is 5.11. The predicted molar refractivity (Wildman–Crippen MR) is 100 cm³/mol. The Kier molecular flexibility index (Phi) is 6.39. The zero-order valence-electron chi connectivity index (χ0n) is 14.7. The lowest BCUT2D eigenvalue weighted by atomic mass is 10.2. The van der Waals surface area contributed by atoms with Crippen LogP contribution in [0, 0.1) is 12.7 Å². The maximum absolute atomic E-state index is 13.3. The van der Waals surface area contributed by atoms with Crippen molar-refractivity contribution in [3.8, 4) is 0 Å². The van der Waals surface area contributed by atoms with Crippen LogP contribution in [0.25, 0.3) is 0 Å². The number of amides is 1. The topological polar surface area (TPSA) is 66.5 Å². The van der Waals surface area contributed by atoms with E-state index in [-0.39, 0.29) is 16.5 Å². The first-order valence-corrected chi connectivity index (χ1v) is 9.83. The lowest BCUT2D eigenvalue weighted by Crippen LogP contribution is -2.45. The molecule has 8 heteroatoms. The molecule has 1 atom stereocenters. The molecule has 2 rings (SSSR count). The maximum Gasteiger partial charge on any atom is 0.243 e. The first-order chi connectivity index (χ1) is 12.2. The summed E-state index contributed by atoms with van der Waals surface area (Å²) in [7, 11) is -4.01. The van der Waals surface area contributed by atoms with Gasteiger partial charge < -0.3 is 5.32 Å². The van der Waals surface area contributed by atoms with Crippen LogP contribution in [0.4, 0.5) is 10.1 Å². The van der Waals surface area contributed by atoms with E-state index in [1.807, 2.05) is 19.1 Å². The molecule has 0 spiro atoms. The molecule has 26 heavy (non-hydrogen) atoms. The molecule has 2 aromatic rings. The van der Waals surface area contributed by atoms with Crippen LogP contribution in [-0.4, -0.2) is 31.2 Å². The van der Waals surface area contributed by atoms with Gasteiger partial charge in [-0.3, -0.25) is 4.79 Å². The van der Waals surface area contributed by atoms with Crippen LogP contribution in [0.15, 0.2) is 47.4 Å². The highest BCUT2D eigenvalue weighted by atomic mass is 35.5. The second-order valence-corrected chi connectivity index (χ2v) is 8.11. The van der Waals surface area contributed by atoms with Crippen molar-refractivity contribution in [2.24, 2.45) is 0 Å². The summed E-state index contributed by atoms with van der Waals surface area (Å²) >= 11 is 5.69. The standard InChI is InChI=1S/C18H20ClFN2O3S/c1-4-22(26(24,25)15-9-10-17(20)16(19)11-15)13(3)18(23)21-14-7-5-12(2)6-8-14/h5-11,13H,4H2,1-3H3,(H,21,23)/t13-/m0/s1. The van der Waals surface area contributed by atoms with Gasteiger partial charge >= 0.3 is 0 Å². The highest BCUT2D eigenvalue weighted by molar-refractivity contribution is 7.89. The van der Waals surface area contributed by atoms with E-state index >= 15 is 0 Å². The van der Waals surface area contributed by atoms with Crippen LogP contribution >= 0.6 is 11.6 Å². The molecule has 0 saturated carbocycles. The number of likely N-dealkylation sites (N-methyl/N-ethyl adjacent to an activating group) is 1. The molecule has 0 unspecified atom stereocenters. The fraction of sp³-hybridized carbons (Fsp3) is 0.278. The minimum absolute atomic E-state index is 0.0693. The van der Waals surface area contributed by atoms with Crippen LogP contribution < -0.4 is 5.32 Å². The second-order valence-electron chi connectivity index (χ2n) is 5.82. The van der Waals surface area contributed by atoms with Crippen molar-refractivity contribution < 1.29 is 17.6 Å². The Bertz CT molecular complexity index is 901. The quantitative estimate of drug-likeness (QED) is 0.804. The van der Waals surface area contributed by atoms with Crippen molar-refractivity contribution in [3.63, 3.8) is 0 Å². The molecule has 140 valence electrons. The number of hydrogen-bond donors (Lipinski definition) is 1. The number of carbonyl (C=O) groups excluding carboxylic acids is 1. The molecule has 1 amide bonds. The number of benzene rings is 2. The lowest BCUT2D eigenvalue weighted by Gasteiger charge is -2.26. The Morgan fingerprint density at radius 2 is 1.85 bits per heavy atom. The third-order valence-electron chi connectivity index (χ3n) is 3.94. The van der Waals surface area contributed by atoms with Gasteiger partial charge in [0.2, 0.25) is 15.9 Å². The number of rotatable bonds is 6. The first kappa shape index (κ1) is 20.4. The van der Waals surface area contributed by atoms with Crippen LogP contribution in [0.2, 0.25) is 5.02 Å². The van der Waals surface area contributed by atoms with E-state index in [4.69, 9.17) is 11.6 Å². The Hall–Kier alpha value is -1.96. The van der Waals surface area contributed by atoms with Crippen molar-refractivity contribution in [1.29, 1.82) is 0 Å². The van der Waals surface area contributed by atoms with Gasteiger partial charge in [-0.15, -0.1) is 0 Å². The lowest BCUT2D eigenvalue weighted by molar-refractivity contribution is -0.119. The molecule has 0 heterocycles. The van der Waals surface area contributed by atoms with Crippen molar-refractivity contribution in [3.05, 3.63) is 58.9 Å². The molecule has 0 saturated heterocycles. The van der Waals surface area contributed by atoms with Gasteiger partial charge in [-0.05, 0) is 44.2 Å². The van der Waals surface area contributed by atoms with E-state index in [1.165, 1.54) is 6.92 Å². The normalized spacial score (nSPS) is 12.8. The summed E-state index contributed by atoms with van der Waals surface area (Å²) in [5.74, 6) is -1.17. The molecule has 2 aromatic carbocycles. The monoisotopic (exact) mass is 398 g/mol. The molecule has 0 aromatic heterocycles. The van der Waals surface area contributed by atoms with E-state index < -0.39 is 27.8 Å². The first-order valence-electron chi connectivity index (χ1n) is 8.01. The van der Waals surface area contributed by atoms with Crippen molar-refractivity contribution in [1.82, 2.24) is 4.31 Å². The van der Waals surface area contributed by atoms with E-state index in [1.54, 1.807) is 19.1 Å². The summed E-state index contributed by atoms with van der Waals surface area (Å²) in [4.78, 5) is 12.3. The summed E-state index contributed by atoms with van der Waals surface area (Å²) in [6.07, 6.45) is 0. The highest BCUT2D eigenvalue weighted by Gasteiger charge is 2.32. The number of halogens is 2. The van der Waals surface area contributed by atoms with Gasteiger partial charge in [0.05, 0.1) is 9.92 Å². The van der Waals surface area contributed by atoms with Gasteiger partial charge in [0.25, 0.3) is 0 Å².